The van der Waals surface area contributed by atoms with Crippen LogP contribution in [0, 0.1) is 11.7 Å². The zero-order valence-electron chi connectivity index (χ0n) is 15.0. The van der Waals surface area contributed by atoms with Crippen molar-refractivity contribution in [3.63, 3.8) is 0 Å². The van der Waals surface area contributed by atoms with Gasteiger partial charge in [0.1, 0.15) is 11.9 Å². The molecule has 0 aromatic heterocycles. The van der Waals surface area contributed by atoms with Crippen LogP contribution >= 0.6 is 0 Å². The molecule has 0 bridgehead atoms. The van der Waals surface area contributed by atoms with Crippen LogP contribution in [0.15, 0.2) is 48.5 Å². The van der Waals surface area contributed by atoms with Crippen LogP contribution in [0.1, 0.15) is 42.5 Å². The van der Waals surface area contributed by atoms with E-state index in [1.165, 1.54) is 17.7 Å². The predicted octanol–water partition coefficient (Wildman–Crippen LogP) is 4.11. The summed E-state index contributed by atoms with van der Waals surface area (Å²) in [5, 5.41) is 0. The van der Waals surface area contributed by atoms with Crippen molar-refractivity contribution in [1.82, 2.24) is 4.90 Å². The predicted molar refractivity (Wildman–Crippen MR) is 98.2 cm³/mol. The number of fused-ring (bicyclic) bond motifs is 1. The molecule has 2 aliphatic rings. The second kappa shape index (κ2) is 7.20. The maximum absolute atomic E-state index is 13.4. The molecule has 4 heteroatoms. The van der Waals surface area contributed by atoms with Crippen molar-refractivity contribution < 1.29 is 13.9 Å². The van der Waals surface area contributed by atoms with Crippen LogP contribution < -0.4 is 0 Å². The van der Waals surface area contributed by atoms with Crippen molar-refractivity contribution in [3.8, 4) is 0 Å². The van der Waals surface area contributed by atoms with Crippen LogP contribution in [0.2, 0.25) is 0 Å². The first kappa shape index (κ1) is 17.2. The lowest BCUT2D eigenvalue weighted by Crippen LogP contribution is -2.47. The minimum atomic E-state index is -0.362. The van der Waals surface area contributed by atoms with E-state index in [-0.39, 0.29) is 23.9 Å². The van der Waals surface area contributed by atoms with Crippen LogP contribution in [-0.2, 0) is 16.0 Å². The first-order valence-corrected chi connectivity index (χ1v) is 9.39. The van der Waals surface area contributed by atoms with Gasteiger partial charge < -0.3 is 9.64 Å². The molecular weight excluding hydrogens is 329 g/mol. The van der Waals surface area contributed by atoms with Crippen molar-refractivity contribution in [2.75, 3.05) is 13.2 Å². The molecule has 2 heterocycles. The number of hydrogen-bond acceptors (Lipinski definition) is 2. The molecule has 1 saturated heterocycles. The largest absolute Gasteiger partial charge is 0.368 e. The van der Waals surface area contributed by atoms with Gasteiger partial charge in [-0.3, -0.25) is 4.79 Å². The molecule has 2 aliphatic heterocycles. The Morgan fingerprint density at radius 3 is 2.62 bits per heavy atom. The number of benzene rings is 2. The number of rotatable bonds is 2. The lowest BCUT2D eigenvalue weighted by atomic mass is 9.87. The first-order valence-electron chi connectivity index (χ1n) is 9.39. The number of nitrogens with zero attached hydrogens (tertiary/aromatic N) is 1. The molecule has 0 radical (unpaired) electrons. The van der Waals surface area contributed by atoms with Crippen LogP contribution in [0.25, 0.3) is 0 Å². The highest BCUT2D eigenvalue weighted by molar-refractivity contribution is 5.82. The van der Waals surface area contributed by atoms with Gasteiger partial charge in [-0.1, -0.05) is 43.3 Å². The van der Waals surface area contributed by atoms with Crippen molar-refractivity contribution in [3.05, 3.63) is 71.0 Å². The Hall–Kier alpha value is -2.20. The smallest absolute Gasteiger partial charge is 0.252 e. The van der Waals surface area contributed by atoms with Gasteiger partial charge in [-0.2, -0.15) is 0 Å². The van der Waals surface area contributed by atoms with Gasteiger partial charge in [0.05, 0.1) is 12.6 Å². The third-order valence-electron chi connectivity index (χ3n) is 5.53. The molecule has 0 saturated carbocycles. The van der Waals surface area contributed by atoms with Crippen LogP contribution in [0.4, 0.5) is 4.39 Å². The molecule has 1 fully saturated rings. The van der Waals surface area contributed by atoms with E-state index in [9.17, 15) is 9.18 Å². The monoisotopic (exact) mass is 353 g/mol. The lowest BCUT2D eigenvalue weighted by Gasteiger charge is -2.40. The number of amides is 1. The van der Waals surface area contributed by atoms with Crippen LogP contribution in [0.3, 0.4) is 0 Å². The number of halogens is 1. The third kappa shape index (κ3) is 3.26. The van der Waals surface area contributed by atoms with E-state index in [1.54, 1.807) is 12.1 Å². The summed E-state index contributed by atoms with van der Waals surface area (Å²) in [6, 6.07) is 14.5. The van der Waals surface area contributed by atoms with E-state index in [4.69, 9.17) is 4.74 Å². The van der Waals surface area contributed by atoms with Gasteiger partial charge in [0.2, 0.25) is 0 Å². The molecule has 0 unspecified atom stereocenters. The molecular formula is C22H24FNO2. The fraction of sp³-hybridized carbons (Fsp3) is 0.409. The Morgan fingerprint density at radius 1 is 1.12 bits per heavy atom. The second-order valence-electron chi connectivity index (χ2n) is 7.44. The van der Waals surface area contributed by atoms with E-state index < -0.39 is 0 Å². The maximum Gasteiger partial charge on any atom is 0.252 e. The van der Waals surface area contributed by atoms with Crippen molar-refractivity contribution in [2.45, 2.75) is 38.3 Å². The molecule has 3 nitrogen and oxygen atoms in total. The van der Waals surface area contributed by atoms with Crippen LogP contribution in [0.5, 0.6) is 0 Å². The maximum atomic E-state index is 13.4. The topological polar surface area (TPSA) is 29.5 Å². The highest BCUT2D eigenvalue weighted by Crippen LogP contribution is 2.36. The Labute approximate surface area is 153 Å². The molecule has 2 aromatic rings. The summed E-state index contributed by atoms with van der Waals surface area (Å²) in [6.45, 7) is 3.45. The van der Waals surface area contributed by atoms with E-state index in [0.29, 0.717) is 19.1 Å². The number of hydrogen-bond donors (Lipinski definition) is 0. The number of carbonyl (C=O) groups is 1. The molecule has 2 aromatic carbocycles. The zero-order chi connectivity index (χ0) is 18.1. The van der Waals surface area contributed by atoms with E-state index in [0.717, 1.165) is 30.4 Å². The Morgan fingerprint density at radius 2 is 1.88 bits per heavy atom. The van der Waals surface area contributed by atoms with E-state index in [1.807, 2.05) is 17.0 Å². The minimum absolute atomic E-state index is 0.0562. The Kier molecular flexibility index (Phi) is 4.77. The summed E-state index contributed by atoms with van der Waals surface area (Å²) >= 11 is 0. The van der Waals surface area contributed by atoms with Crippen molar-refractivity contribution in [1.29, 1.82) is 0 Å². The molecule has 136 valence electrons. The average Bonchev–Trinajstić information content (AvgIpc) is 2.68. The Balaban J connectivity index is 1.68. The van der Waals surface area contributed by atoms with Gasteiger partial charge in [-0.05, 0) is 54.0 Å². The fourth-order valence-corrected chi connectivity index (χ4v) is 4.07. The highest BCUT2D eigenvalue weighted by atomic mass is 19.1. The van der Waals surface area contributed by atoms with Gasteiger partial charge in [-0.15, -0.1) is 0 Å². The molecule has 0 N–H and O–H groups in total. The minimum Gasteiger partial charge on any atom is -0.368 e. The SMILES string of the molecule is C[C@H]1CC[C@H](C(=O)N2CCc3ccccc3[C@@H]2c2ccc(F)cc2)OC1. The molecule has 3 atom stereocenters. The van der Waals surface area contributed by atoms with Gasteiger partial charge in [0.25, 0.3) is 5.91 Å². The number of carbonyl (C=O) groups excluding carboxylic acids is 1. The van der Waals surface area contributed by atoms with Gasteiger partial charge in [-0.25, -0.2) is 4.39 Å². The normalized spacial score (nSPS) is 25.6. The molecule has 26 heavy (non-hydrogen) atoms. The highest BCUT2D eigenvalue weighted by Gasteiger charge is 2.36. The van der Waals surface area contributed by atoms with Crippen molar-refractivity contribution >= 4 is 5.91 Å². The summed E-state index contributed by atoms with van der Waals surface area (Å²) in [7, 11) is 0. The molecule has 4 rings (SSSR count). The van der Waals surface area contributed by atoms with Crippen LogP contribution in [-0.4, -0.2) is 30.1 Å². The standard InChI is InChI=1S/C22H24FNO2/c1-15-6-11-20(26-14-15)22(25)24-13-12-16-4-2-3-5-19(16)21(24)17-7-9-18(23)10-8-17/h2-5,7-10,15,20-21H,6,11-14H2,1H3/t15-,20+,21-/m0/s1. The van der Waals surface area contributed by atoms with Crippen molar-refractivity contribution in [2.24, 2.45) is 5.92 Å². The average molecular weight is 353 g/mol. The molecule has 0 aliphatic carbocycles. The molecule has 0 spiro atoms. The second-order valence-corrected chi connectivity index (χ2v) is 7.44. The quantitative estimate of drug-likeness (QED) is 0.813. The van der Waals surface area contributed by atoms with Gasteiger partial charge >= 0.3 is 0 Å². The Bertz CT molecular complexity index is 781. The number of ether oxygens (including phenoxy) is 1. The molecule has 1 amide bonds. The summed E-state index contributed by atoms with van der Waals surface area (Å²) in [5.41, 5.74) is 3.32. The summed E-state index contributed by atoms with van der Waals surface area (Å²) < 4.78 is 19.3. The van der Waals surface area contributed by atoms with Gasteiger partial charge in [0, 0.05) is 6.54 Å². The third-order valence-corrected chi connectivity index (χ3v) is 5.53. The summed E-state index contributed by atoms with van der Waals surface area (Å²) in [6.07, 6.45) is 2.26. The van der Waals surface area contributed by atoms with E-state index in [2.05, 4.69) is 19.1 Å². The zero-order valence-corrected chi connectivity index (χ0v) is 15.0. The fourth-order valence-electron chi connectivity index (χ4n) is 4.07. The first-order chi connectivity index (χ1) is 12.6. The summed E-state index contributed by atoms with van der Waals surface area (Å²) in [5.74, 6) is 0.301. The summed E-state index contributed by atoms with van der Waals surface area (Å²) in [4.78, 5) is 15.2. The van der Waals surface area contributed by atoms with E-state index >= 15 is 0 Å². The lowest BCUT2D eigenvalue weighted by molar-refractivity contribution is -0.150. The van der Waals surface area contributed by atoms with Gasteiger partial charge in [0.15, 0.2) is 0 Å².